The van der Waals surface area contributed by atoms with E-state index in [1.807, 2.05) is 0 Å². The first-order valence-electron chi connectivity index (χ1n) is 5.23. The van der Waals surface area contributed by atoms with Crippen molar-refractivity contribution in [1.29, 1.82) is 0 Å². The van der Waals surface area contributed by atoms with Crippen LogP contribution in [0, 0.1) is 0 Å². The van der Waals surface area contributed by atoms with E-state index in [2.05, 4.69) is 24.2 Å². The van der Waals surface area contributed by atoms with Crippen molar-refractivity contribution in [3.63, 3.8) is 0 Å². The Morgan fingerprint density at radius 2 is 2.36 bits per heavy atom. The molecule has 1 saturated heterocycles. The van der Waals surface area contributed by atoms with Gasteiger partial charge in [0.2, 0.25) is 0 Å². The molecule has 1 fully saturated rings. The first kappa shape index (κ1) is 11.9. The van der Waals surface area contributed by atoms with Crippen LogP contribution in [0.4, 0.5) is 0 Å². The molecular weight excluding hydrogens is 180 g/mol. The van der Waals surface area contributed by atoms with Gasteiger partial charge in [0.15, 0.2) is 0 Å². The highest BCUT2D eigenvalue weighted by Gasteiger charge is 2.27. The summed E-state index contributed by atoms with van der Waals surface area (Å²) in [4.78, 5) is 2.33. The smallest absolute Gasteiger partial charge is 0.0638 e. The summed E-state index contributed by atoms with van der Waals surface area (Å²) in [6.45, 7) is 4.00. The van der Waals surface area contributed by atoms with E-state index in [1.165, 1.54) is 0 Å². The Hall–Kier alpha value is -0.160. The predicted molar refractivity (Wildman–Crippen MR) is 56.4 cm³/mol. The van der Waals surface area contributed by atoms with Crippen molar-refractivity contribution < 1.29 is 9.84 Å². The maximum atomic E-state index is 9.09. The largest absolute Gasteiger partial charge is 0.395 e. The van der Waals surface area contributed by atoms with E-state index in [9.17, 15) is 0 Å². The molecule has 3 unspecified atom stereocenters. The van der Waals surface area contributed by atoms with Gasteiger partial charge >= 0.3 is 0 Å². The molecule has 0 bridgehead atoms. The molecule has 84 valence electrons. The molecule has 1 aliphatic heterocycles. The Bertz CT molecular complexity index is 156. The van der Waals surface area contributed by atoms with Gasteiger partial charge in [-0.15, -0.1) is 0 Å². The lowest BCUT2D eigenvalue weighted by Crippen LogP contribution is -2.44. The van der Waals surface area contributed by atoms with Gasteiger partial charge in [-0.3, -0.25) is 0 Å². The summed E-state index contributed by atoms with van der Waals surface area (Å²) < 4.78 is 5.02. The van der Waals surface area contributed by atoms with Gasteiger partial charge in [0.05, 0.1) is 19.3 Å². The quantitative estimate of drug-likeness (QED) is 0.641. The molecule has 2 N–H and O–H groups in total. The number of hydrogen-bond donors (Lipinski definition) is 2. The summed E-state index contributed by atoms with van der Waals surface area (Å²) in [5.74, 6) is 0. The highest BCUT2D eigenvalue weighted by molar-refractivity contribution is 4.87. The molecule has 3 atom stereocenters. The average molecular weight is 202 g/mol. The molecule has 1 aliphatic rings. The molecule has 4 heteroatoms. The molecular formula is C10H22N2O2. The third-order valence-electron chi connectivity index (χ3n) is 2.95. The van der Waals surface area contributed by atoms with Crippen LogP contribution in [0.5, 0.6) is 0 Å². The minimum Gasteiger partial charge on any atom is -0.395 e. The van der Waals surface area contributed by atoms with Crippen LogP contribution in [0.2, 0.25) is 0 Å². The van der Waals surface area contributed by atoms with E-state index in [0.717, 1.165) is 13.0 Å². The fraction of sp³-hybridized carbons (Fsp3) is 1.00. The lowest BCUT2D eigenvalue weighted by atomic mass is 10.1. The van der Waals surface area contributed by atoms with Crippen LogP contribution in [-0.4, -0.2) is 62.0 Å². The lowest BCUT2D eigenvalue weighted by Gasteiger charge is -2.20. The zero-order chi connectivity index (χ0) is 10.6. The van der Waals surface area contributed by atoms with Gasteiger partial charge in [0.25, 0.3) is 0 Å². The third kappa shape index (κ3) is 3.20. The topological polar surface area (TPSA) is 44.7 Å². The first-order chi connectivity index (χ1) is 6.67. The molecule has 4 nitrogen and oxygen atoms in total. The van der Waals surface area contributed by atoms with Gasteiger partial charge in [-0.05, 0) is 20.4 Å². The molecule has 0 radical (unpaired) electrons. The molecule has 1 rings (SSSR count). The standard InChI is InChI=1S/C10H22N2O2/c1-8-4-9(5-12(8)2)11-10(6-13)7-14-3/h8-11,13H,4-7H2,1-3H3. The van der Waals surface area contributed by atoms with E-state index in [0.29, 0.717) is 18.7 Å². The van der Waals surface area contributed by atoms with E-state index >= 15 is 0 Å². The Morgan fingerprint density at radius 3 is 2.79 bits per heavy atom. The van der Waals surface area contributed by atoms with Crippen molar-refractivity contribution in [3.05, 3.63) is 0 Å². The van der Waals surface area contributed by atoms with Gasteiger partial charge in [-0.1, -0.05) is 0 Å². The molecule has 0 spiro atoms. The van der Waals surface area contributed by atoms with Gasteiger partial charge < -0.3 is 20.1 Å². The molecule has 0 saturated carbocycles. The van der Waals surface area contributed by atoms with Crippen molar-refractivity contribution in [2.75, 3.05) is 33.9 Å². The van der Waals surface area contributed by atoms with Gasteiger partial charge in [-0.2, -0.15) is 0 Å². The molecule has 0 aromatic heterocycles. The fourth-order valence-corrected chi connectivity index (χ4v) is 2.00. The zero-order valence-corrected chi connectivity index (χ0v) is 9.36. The number of nitrogens with one attached hydrogen (secondary N) is 1. The molecule has 1 heterocycles. The zero-order valence-electron chi connectivity index (χ0n) is 9.36. The Kier molecular flexibility index (Phi) is 4.81. The number of methoxy groups -OCH3 is 1. The van der Waals surface area contributed by atoms with Gasteiger partial charge in [0, 0.05) is 25.7 Å². The Morgan fingerprint density at radius 1 is 1.64 bits per heavy atom. The summed E-state index contributed by atoms with van der Waals surface area (Å²) >= 11 is 0. The van der Waals surface area contributed by atoms with Gasteiger partial charge in [0.1, 0.15) is 0 Å². The molecule has 0 aliphatic carbocycles. The number of aliphatic hydroxyl groups is 1. The van der Waals surface area contributed by atoms with Crippen molar-refractivity contribution in [3.8, 4) is 0 Å². The number of hydrogen-bond acceptors (Lipinski definition) is 4. The second-order valence-corrected chi connectivity index (χ2v) is 4.22. The summed E-state index contributed by atoms with van der Waals surface area (Å²) in [7, 11) is 3.80. The van der Waals surface area contributed by atoms with E-state index in [-0.39, 0.29) is 12.6 Å². The molecule has 0 aromatic carbocycles. The number of aliphatic hydroxyl groups excluding tert-OH is 1. The third-order valence-corrected chi connectivity index (χ3v) is 2.95. The number of ether oxygens (including phenoxy) is 1. The maximum Gasteiger partial charge on any atom is 0.0638 e. The van der Waals surface area contributed by atoms with Crippen LogP contribution in [0.25, 0.3) is 0 Å². The van der Waals surface area contributed by atoms with E-state index in [4.69, 9.17) is 9.84 Å². The highest BCUT2D eigenvalue weighted by Crippen LogP contribution is 2.15. The van der Waals surface area contributed by atoms with Crippen LogP contribution in [0.3, 0.4) is 0 Å². The summed E-state index contributed by atoms with van der Waals surface area (Å²) in [5.41, 5.74) is 0. The Labute approximate surface area is 86.2 Å². The minimum absolute atomic E-state index is 0.0729. The molecule has 0 amide bonds. The van der Waals surface area contributed by atoms with E-state index < -0.39 is 0 Å². The molecule has 0 aromatic rings. The van der Waals surface area contributed by atoms with Crippen LogP contribution in [0.1, 0.15) is 13.3 Å². The lowest BCUT2D eigenvalue weighted by molar-refractivity contribution is 0.122. The normalized spacial score (nSPS) is 30.9. The second-order valence-electron chi connectivity index (χ2n) is 4.22. The highest BCUT2D eigenvalue weighted by atomic mass is 16.5. The SMILES string of the molecule is COCC(CO)NC1CC(C)N(C)C1. The number of nitrogens with zero attached hydrogens (tertiary/aromatic N) is 1. The maximum absolute atomic E-state index is 9.09. The predicted octanol–water partition coefficient (Wildman–Crippen LogP) is -0.324. The fourth-order valence-electron chi connectivity index (χ4n) is 2.00. The summed E-state index contributed by atoms with van der Waals surface area (Å²) in [5, 5.41) is 12.5. The van der Waals surface area contributed by atoms with Gasteiger partial charge in [-0.25, -0.2) is 0 Å². The number of likely N-dealkylation sites (N-methyl/N-ethyl adjacent to an activating group) is 1. The van der Waals surface area contributed by atoms with Crippen molar-refractivity contribution in [1.82, 2.24) is 10.2 Å². The number of rotatable bonds is 5. The summed E-state index contributed by atoms with van der Waals surface area (Å²) in [6, 6.07) is 1.19. The summed E-state index contributed by atoms with van der Waals surface area (Å²) in [6.07, 6.45) is 1.15. The second kappa shape index (κ2) is 5.66. The minimum atomic E-state index is 0.0729. The van der Waals surface area contributed by atoms with Crippen LogP contribution in [-0.2, 0) is 4.74 Å². The molecule has 14 heavy (non-hydrogen) atoms. The van der Waals surface area contributed by atoms with E-state index in [1.54, 1.807) is 7.11 Å². The average Bonchev–Trinajstić information content (AvgIpc) is 2.45. The number of likely N-dealkylation sites (tertiary alicyclic amines) is 1. The van der Waals surface area contributed by atoms with Crippen molar-refractivity contribution >= 4 is 0 Å². The Balaban J connectivity index is 2.29. The van der Waals surface area contributed by atoms with Crippen molar-refractivity contribution in [2.45, 2.75) is 31.5 Å². The van der Waals surface area contributed by atoms with Crippen LogP contribution in [0.15, 0.2) is 0 Å². The first-order valence-corrected chi connectivity index (χ1v) is 5.23. The van der Waals surface area contributed by atoms with Crippen molar-refractivity contribution in [2.24, 2.45) is 0 Å². The van der Waals surface area contributed by atoms with Crippen LogP contribution >= 0.6 is 0 Å². The van der Waals surface area contributed by atoms with Crippen LogP contribution < -0.4 is 5.32 Å². The monoisotopic (exact) mass is 202 g/mol.